The van der Waals surface area contributed by atoms with Gasteiger partial charge in [0.15, 0.2) is 0 Å². The van der Waals surface area contributed by atoms with Gasteiger partial charge in [-0.3, -0.25) is 9.69 Å². The molecule has 4 rings (SSSR count). The van der Waals surface area contributed by atoms with Crippen LogP contribution in [0.4, 0.5) is 0 Å². The lowest BCUT2D eigenvalue weighted by molar-refractivity contribution is -0.132. The zero-order valence-corrected chi connectivity index (χ0v) is 16.1. The molecule has 1 fully saturated rings. The van der Waals surface area contributed by atoms with Gasteiger partial charge in [0.05, 0.1) is 6.42 Å². The van der Waals surface area contributed by atoms with Gasteiger partial charge in [-0.1, -0.05) is 48.5 Å². The SMILES string of the molecule is O=C(Cc1cccc2ccccc12)N1CCN(CC(O)c2cccs2)CC1. The highest BCUT2D eigenvalue weighted by molar-refractivity contribution is 7.10. The molecular weight excluding hydrogens is 356 g/mol. The molecule has 2 aromatic carbocycles. The highest BCUT2D eigenvalue weighted by Crippen LogP contribution is 2.21. The van der Waals surface area contributed by atoms with E-state index in [4.69, 9.17) is 0 Å². The van der Waals surface area contributed by atoms with Gasteiger partial charge in [-0.25, -0.2) is 0 Å². The average molecular weight is 381 g/mol. The fraction of sp³-hybridized carbons (Fsp3) is 0.318. The second kappa shape index (κ2) is 8.21. The van der Waals surface area contributed by atoms with Crippen LogP contribution in [0.2, 0.25) is 0 Å². The third kappa shape index (κ3) is 4.21. The van der Waals surface area contributed by atoms with Crippen molar-refractivity contribution in [3.63, 3.8) is 0 Å². The molecule has 1 N–H and O–H groups in total. The van der Waals surface area contributed by atoms with Gasteiger partial charge in [0, 0.05) is 37.6 Å². The van der Waals surface area contributed by atoms with Crippen LogP contribution in [0.25, 0.3) is 10.8 Å². The van der Waals surface area contributed by atoms with Crippen LogP contribution in [0.1, 0.15) is 16.5 Å². The number of nitrogens with zero attached hydrogens (tertiary/aromatic N) is 2. The highest BCUT2D eigenvalue weighted by atomic mass is 32.1. The minimum Gasteiger partial charge on any atom is -0.386 e. The number of benzene rings is 2. The van der Waals surface area contributed by atoms with Crippen LogP contribution < -0.4 is 0 Å². The number of aliphatic hydroxyl groups is 1. The fourth-order valence-corrected chi connectivity index (χ4v) is 4.42. The quantitative estimate of drug-likeness (QED) is 0.738. The van der Waals surface area contributed by atoms with Crippen molar-refractivity contribution in [1.82, 2.24) is 9.80 Å². The summed E-state index contributed by atoms with van der Waals surface area (Å²) in [6.07, 6.45) is 0.00190. The molecule has 4 nitrogen and oxygen atoms in total. The number of carbonyl (C=O) groups is 1. The Kier molecular flexibility index (Phi) is 5.53. The number of thiophene rings is 1. The van der Waals surface area contributed by atoms with Crippen molar-refractivity contribution in [3.8, 4) is 0 Å². The van der Waals surface area contributed by atoms with Crippen LogP contribution in [0.15, 0.2) is 60.0 Å². The van der Waals surface area contributed by atoms with Gasteiger partial charge in [-0.05, 0) is 27.8 Å². The van der Waals surface area contributed by atoms with E-state index < -0.39 is 6.10 Å². The number of fused-ring (bicyclic) bond motifs is 1. The molecule has 1 aromatic heterocycles. The maximum absolute atomic E-state index is 12.8. The summed E-state index contributed by atoms with van der Waals surface area (Å²) in [6.45, 7) is 3.70. The van der Waals surface area contributed by atoms with Crippen molar-refractivity contribution < 1.29 is 9.90 Å². The van der Waals surface area contributed by atoms with Gasteiger partial charge in [0.25, 0.3) is 0 Å². The largest absolute Gasteiger partial charge is 0.386 e. The van der Waals surface area contributed by atoms with Crippen LogP contribution in [0.5, 0.6) is 0 Å². The summed E-state index contributed by atoms with van der Waals surface area (Å²) < 4.78 is 0. The van der Waals surface area contributed by atoms with Gasteiger partial charge in [-0.2, -0.15) is 0 Å². The molecule has 0 spiro atoms. The second-order valence-corrected chi connectivity index (χ2v) is 8.01. The van der Waals surface area contributed by atoms with E-state index in [1.54, 1.807) is 11.3 Å². The molecule has 1 unspecified atom stereocenters. The van der Waals surface area contributed by atoms with E-state index in [-0.39, 0.29) is 5.91 Å². The van der Waals surface area contributed by atoms with Gasteiger partial charge in [0.1, 0.15) is 6.10 Å². The molecule has 0 aliphatic carbocycles. The second-order valence-electron chi connectivity index (χ2n) is 7.03. The van der Waals surface area contributed by atoms with E-state index >= 15 is 0 Å². The lowest BCUT2D eigenvalue weighted by atomic mass is 10.0. The number of β-amino-alcohol motifs (C(OH)–C–C–N with tert-alkyl or cyclic N) is 1. The van der Waals surface area contributed by atoms with Crippen LogP contribution >= 0.6 is 11.3 Å². The number of aliphatic hydroxyl groups excluding tert-OH is 1. The molecule has 1 atom stereocenters. The predicted octanol–water partition coefficient (Wildman–Crippen LogP) is 3.32. The number of piperazine rings is 1. The Morgan fingerprint density at radius 1 is 1.00 bits per heavy atom. The van der Waals surface area contributed by atoms with Crippen molar-refractivity contribution in [2.75, 3.05) is 32.7 Å². The standard InChI is InChI=1S/C22H24N2O2S/c25-20(21-9-4-14-27-21)16-23-10-12-24(13-11-23)22(26)15-18-7-3-6-17-5-1-2-8-19(17)18/h1-9,14,20,25H,10-13,15-16H2. The summed E-state index contributed by atoms with van der Waals surface area (Å²) in [5, 5.41) is 14.6. The van der Waals surface area contributed by atoms with Gasteiger partial charge < -0.3 is 10.0 Å². The predicted molar refractivity (Wildman–Crippen MR) is 110 cm³/mol. The van der Waals surface area contributed by atoms with Crippen molar-refractivity contribution in [2.45, 2.75) is 12.5 Å². The Hall–Kier alpha value is -2.21. The lowest BCUT2D eigenvalue weighted by Crippen LogP contribution is -2.49. The summed E-state index contributed by atoms with van der Waals surface area (Å²) in [5.41, 5.74) is 1.09. The molecule has 27 heavy (non-hydrogen) atoms. The Morgan fingerprint density at radius 3 is 2.56 bits per heavy atom. The summed E-state index contributed by atoms with van der Waals surface area (Å²) in [4.78, 5) is 18.0. The van der Waals surface area contributed by atoms with Gasteiger partial charge in [-0.15, -0.1) is 11.3 Å². The van der Waals surface area contributed by atoms with Crippen molar-refractivity contribution in [1.29, 1.82) is 0 Å². The Morgan fingerprint density at radius 2 is 1.78 bits per heavy atom. The lowest BCUT2D eigenvalue weighted by Gasteiger charge is -2.35. The number of rotatable bonds is 5. The van der Waals surface area contributed by atoms with E-state index in [9.17, 15) is 9.90 Å². The molecular formula is C22H24N2O2S. The third-order valence-corrected chi connectivity index (χ3v) is 6.22. The van der Waals surface area contributed by atoms with Crippen LogP contribution in [-0.2, 0) is 11.2 Å². The smallest absolute Gasteiger partial charge is 0.227 e. The Bertz CT molecular complexity index is 896. The monoisotopic (exact) mass is 380 g/mol. The van der Waals surface area contributed by atoms with E-state index in [1.165, 1.54) is 5.39 Å². The number of amides is 1. The normalized spacial score (nSPS) is 16.6. The molecule has 0 saturated carbocycles. The minimum absolute atomic E-state index is 0.185. The van der Waals surface area contributed by atoms with Gasteiger partial charge in [0.2, 0.25) is 5.91 Å². The molecule has 1 saturated heterocycles. The maximum Gasteiger partial charge on any atom is 0.227 e. The fourth-order valence-electron chi connectivity index (χ4n) is 3.72. The van der Waals surface area contributed by atoms with Crippen LogP contribution in [-0.4, -0.2) is 53.5 Å². The van der Waals surface area contributed by atoms with Gasteiger partial charge >= 0.3 is 0 Å². The summed E-state index contributed by atoms with van der Waals surface area (Å²) >= 11 is 1.59. The number of carbonyl (C=O) groups excluding carboxylic acids is 1. The Labute approximate surface area is 163 Å². The zero-order chi connectivity index (χ0) is 18.6. The molecule has 1 aliphatic heterocycles. The molecule has 1 aliphatic rings. The summed E-state index contributed by atoms with van der Waals surface area (Å²) in [6, 6.07) is 18.3. The summed E-state index contributed by atoms with van der Waals surface area (Å²) in [5.74, 6) is 0.185. The van der Waals surface area contributed by atoms with Crippen molar-refractivity contribution in [3.05, 3.63) is 70.4 Å². The molecule has 0 radical (unpaired) electrons. The first kappa shape index (κ1) is 18.2. The van der Waals surface area contributed by atoms with Crippen LogP contribution in [0.3, 0.4) is 0 Å². The maximum atomic E-state index is 12.8. The highest BCUT2D eigenvalue weighted by Gasteiger charge is 2.23. The minimum atomic E-state index is -0.442. The third-order valence-electron chi connectivity index (χ3n) is 5.25. The van der Waals surface area contributed by atoms with Crippen molar-refractivity contribution >= 4 is 28.0 Å². The molecule has 2 heterocycles. The van der Waals surface area contributed by atoms with E-state index in [0.29, 0.717) is 13.0 Å². The summed E-state index contributed by atoms with van der Waals surface area (Å²) in [7, 11) is 0. The first-order valence-corrected chi connectivity index (χ1v) is 10.3. The van der Waals surface area contributed by atoms with E-state index in [0.717, 1.165) is 42.0 Å². The molecule has 5 heteroatoms. The first-order chi connectivity index (χ1) is 13.2. The number of hydrogen-bond acceptors (Lipinski definition) is 4. The molecule has 3 aromatic rings. The van der Waals surface area contributed by atoms with Crippen molar-refractivity contribution in [2.24, 2.45) is 0 Å². The average Bonchev–Trinajstić information content (AvgIpc) is 3.24. The van der Waals surface area contributed by atoms with Crippen LogP contribution in [0, 0.1) is 0 Å². The Balaban J connectivity index is 1.33. The topological polar surface area (TPSA) is 43.8 Å². The van der Waals surface area contributed by atoms with E-state index in [2.05, 4.69) is 23.1 Å². The number of hydrogen-bond donors (Lipinski definition) is 1. The molecule has 140 valence electrons. The molecule has 1 amide bonds. The van der Waals surface area contributed by atoms with E-state index in [1.807, 2.05) is 46.7 Å². The zero-order valence-electron chi connectivity index (χ0n) is 15.3. The first-order valence-electron chi connectivity index (χ1n) is 9.39. The molecule has 0 bridgehead atoms.